The minimum Gasteiger partial charge on any atom is -0.492 e. The van der Waals surface area contributed by atoms with Gasteiger partial charge in [-0.3, -0.25) is 4.79 Å². The van der Waals surface area contributed by atoms with Crippen molar-refractivity contribution in [1.82, 2.24) is 0 Å². The molecule has 7 heteroatoms. The Morgan fingerprint density at radius 2 is 1.93 bits per heavy atom. The van der Waals surface area contributed by atoms with Crippen LogP contribution in [0.4, 0.5) is 24.5 Å². The molecule has 1 atom stereocenters. The summed E-state index contributed by atoms with van der Waals surface area (Å²) in [6.45, 7) is -0.0319. The molecule has 4 nitrogen and oxygen atoms in total. The van der Waals surface area contributed by atoms with Gasteiger partial charge in [0.25, 0.3) is 5.91 Å². The summed E-state index contributed by atoms with van der Waals surface area (Å²) in [7, 11) is 0. The third-order valence-corrected chi connectivity index (χ3v) is 4.98. The van der Waals surface area contributed by atoms with Crippen molar-refractivity contribution in [2.45, 2.75) is 25.6 Å². The van der Waals surface area contributed by atoms with Gasteiger partial charge < -0.3 is 15.8 Å². The first-order valence-electron chi connectivity index (χ1n) is 9.22. The standard InChI is InChI=1S/C22H19F3N2O2/c23-22(24,25)15-3-1-2-13(10-15)12-29-19-9-4-14-11-18(14)20(19)21(28)27-17-7-5-16(26)6-8-17/h1-3,5-8,10-11,14H,4,9,12,26H2,(H,27,28). The van der Waals surface area contributed by atoms with Crippen LogP contribution in [-0.4, -0.2) is 5.91 Å². The molecule has 0 spiro atoms. The average molecular weight is 400 g/mol. The average Bonchev–Trinajstić information content (AvgIpc) is 3.47. The molecule has 4 rings (SSSR count). The number of rotatable bonds is 5. The number of benzene rings is 2. The molecule has 1 amide bonds. The van der Waals surface area contributed by atoms with Gasteiger partial charge in [0.15, 0.2) is 0 Å². The quantitative estimate of drug-likeness (QED) is 0.691. The predicted molar refractivity (Wildman–Crippen MR) is 104 cm³/mol. The summed E-state index contributed by atoms with van der Waals surface area (Å²) < 4.78 is 44.5. The lowest BCUT2D eigenvalue weighted by atomic mass is 9.96. The van der Waals surface area contributed by atoms with Gasteiger partial charge in [-0.25, -0.2) is 0 Å². The Labute approximate surface area is 165 Å². The molecule has 150 valence electrons. The maximum Gasteiger partial charge on any atom is 0.416 e. The summed E-state index contributed by atoms with van der Waals surface area (Å²) in [6.07, 6.45) is -0.991. The summed E-state index contributed by atoms with van der Waals surface area (Å²) in [5.74, 6) is 0.501. The molecule has 2 aromatic carbocycles. The van der Waals surface area contributed by atoms with Crippen LogP contribution >= 0.6 is 0 Å². The summed E-state index contributed by atoms with van der Waals surface area (Å²) in [5, 5.41) is 2.83. The van der Waals surface area contributed by atoms with Gasteiger partial charge >= 0.3 is 6.18 Å². The number of nitrogens with two attached hydrogens (primary N) is 1. The first-order chi connectivity index (χ1) is 13.8. The molecule has 0 radical (unpaired) electrons. The normalized spacial score (nSPS) is 18.0. The summed E-state index contributed by atoms with van der Waals surface area (Å²) >= 11 is 0. The van der Waals surface area contributed by atoms with Gasteiger partial charge in [-0.2, -0.15) is 13.2 Å². The van der Waals surface area contributed by atoms with Gasteiger partial charge in [-0.15, -0.1) is 0 Å². The Kier molecular flexibility index (Phi) is 4.82. The molecular weight excluding hydrogens is 381 g/mol. The monoisotopic (exact) mass is 400 g/mol. The van der Waals surface area contributed by atoms with E-state index in [-0.39, 0.29) is 18.4 Å². The molecule has 0 bridgehead atoms. The van der Waals surface area contributed by atoms with Crippen molar-refractivity contribution >= 4 is 17.3 Å². The third kappa shape index (κ3) is 4.29. The number of halogens is 3. The molecule has 0 fully saturated rings. The van der Waals surface area contributed by atoms with Crippen molar-refractivity contribution in [3.8, 4) is 0 Å². The second-order valence-corrected chi connectivity index (χ2v) is 7.13. The van der Waals surface area contributed by atoms with Gasteiger partial charge in [-0.05, 0) is 54.0 Å². The van der Waals surface area contributed by atoms with Gasteiger partial charge in [0.05, 0.1) is 11.1 Å². The van der Waals surface area contributed by atoms with Crippen molar-refractivity contribution < 1.29 is 22.7 Å². The van der Waals surface area contributed by atoms with E-state index < -0.39 is 11.7 Å². The fourth-order valence-electron chi connectivity index (χ4n) is 3.42. The molecule has 1 unspecified atom stereocenters. The van der Waals surface area contributed by atoms with Crippen LogP contribution in [0.2, 0.25) is 0 Å². The zero-order valence-corrected chi connectivity index (χ0v) is 15.4. The number of nitrogen functional groups attached to an aromatic ring is 1. The number of carbonyl (C=O) groups is 1. The van der Waals surface area contributed by atoms with E-state index in [2.05, 4.69) is 5.32 Å². The first-order valence-corrected chi connectivity index (χ1v) is 9.22. The zero-order chi connectivity index (χ0) is 20.6. The lowest BCUT2D eigenvalue weighted by molar-refractivity contribution is -0.137. The first kappa shape index (κ1) is 19.1. The van der Waals surface area contributed by atoms with Crippen LogP contribution in [-0.2, 0) is 22.3 Å². The Balaban J connectivity index is 1.52. The summed E-state index contributed by atoms with van der Waals surface area (Å²) in [4.78, 5) is 12.8. The minimum atomic E-state index is -4.41. The van der Waals surface area contributed by atoms with Crippen LogP contribution < -0.4 is 11.1 Å². The Morgan fingerprint density at radius 3 is 2.66 bits per heavy atom. The number of anilines is 2. The van der Waals surface area contributed by atoms with Gasteiger partial charge in [-0.1, -0.05) is 18.2 Å². The molecule has 0 saturated heterocycles. The number of alkyl halides is 3. The van der Waals surface area contributed by atoms with Crippen LogP contribution in [0.1, 0.15) is 24.0 Å². The molecule has 3 N–H and O–H groups in total. The largest absolute Gasteiger partial charge is 0.492 e. The molecule has 2 aliphatic carbocycles. The molecule has 29 heavy (non-hydrogen) atoms. The van der Waals surface area contributed by atoms with Crippen LogP contribution in [0.5, 0.6) is 0 Å². The van der Waals surface area contributed by atoms with Crippen LogP contribution in [0.25, 0.3) is 0 Å². The summed E-state index contributed by atoms with van der Waals surface area (Å²) in [5.41, 5.74) is 7.95. The Hall–Kier alpha value is -3.22. The molecular formula is C22H19F3N2O2. The second kappa shape index (κ2) is 7.31. The zero-order valence-electron chi connectivity index (χ0n) is 15.4. The second-order valence-electron chi connectivity index (χ2n) is 7.13. The van der Waals surface area contributed by atoms with E-state index in [9.17, 15) is 18.0 Å². The molecule has 0 aromatic heterocycles. The highest BCUT2D eigenvalue weighted by Crippen LogP contribution is 2.46. The number of ether oxygens (including phenoxy) is 1. The van der Waals surface area contributed by atoms with Crippen molar-refractivity contribution in [3.63, 3.8) is 0 Å². The third-order valence-electron chi connectivity index (χ3n) is 4.98. The number of fused-ring (bicyclic) bond motifs is 1. The topological polar surface area (TPSA) is 64.3 Å². The number of hydrogen-bond acceptors (Lipinski definition) is 3. The van der Waals surface area contributed by atoms with E-state index in [0.29, 0.717) is 34.7 Å². The Morgan fingerprint density at radius 1 is 1.17 bits per heavy atom. The van der Waals surface area contributed by atoms with E-state index in [1.807, 2.05) is 6.08 Å². The fraction of sp³-hybridized carbons (Fsp3) is 0.227. The number of nitrogens with one attached hydrogen (secondary N) is 1. The number of carbonyl (C=O) groups excluding carboxylic acids is 1. The number of hydrogen-bond donors (Lipinski definition) is 2. The molecule has 0 aliphatic heterocycles. The van der Waals surface area contributed by atoms with E-state index in [4.69, 9.17) is 10.5 Å². The number of allylic oxidation sites excluding steroid dienone is 2. The molecule has 0 heterocycles. The van der Waals surface area contributed by atoms with Gasteiger partial charge in [0.1, 0.15) is 12.4 Å². The van der Waals surface area contributed by atoms with E-state index in [0.717, 1.165) is 24.1 Å². The lowest BCUT2D eigenvalue weighted by Gasteiger charge is -2.20. The van der Waals surface area contributed by atoms with Gasteiger partial charge in [0.2, 0.25) is 0 Å². The Bertz CT molecular complexity index is 1010. The van der Waals surface area contributed by atoms with E-state index >= 15 is 0 Å². The van der Waals surface area contributed by atoms with Crippen molar-refractivity contribution in [1.29, 1.82) is 0 Å². The van der Waals surface area contributed by atoms with Gasteiger partial charge in [0, 0.05) is 23.7 Å². The SMILES string of the molecule is Nc1ccc(NC(=O)C2=C(OCc3cccc(C(F)(F)F)c3)CCC3C=C23)cc1. The smallest absolute Gasteiger partial charge is 0.416 e. The van der Waals surface area contributed by atoms with E-state index in [1.54, 1.807) is 30.3 Å². The highest BCUT2D eigenvalue weighted by molar-refractivity contribution is 6.08. The molecule has 2 aliphatic rings. The molecule has 0 saturated carbocycles. The van der Waals surface area contributed by atoms with Crippen molar-refractivity contribution in [2.75, 3.05) is 11.1 Å². The van der Waals surface area contributed by atoms with E-state index in [1.165, 1.54) is 6.07 Å². The summed E-state index contributed by atoms with van der Waals surface area (Å²) in [6, 6.07) is 11.8. The highest BCUT2D eigenvalue weighted by Gasteiger charge is 2.38. The predicted octanol–water partition coefficient (Wildman–Crippen LogP) is 5.05. The van der Waals surface area contributed by atoms with Crippen molar-refractivity contribution in [3.05, 3.63) is 82.6 Å². The fourth-order valence-corrected chi connectivity index (χ4v) is 3.42. The maximum atomic E-state index is 12.9. The minimum absolute atomic E-state index is 0.0319. The lowest BCUT2D eigenvalue weighted by Crippen LogP contribution is -2.19. The van der Waals surface area contributed by atoms with Crippen molar-refractivity contribution in [2.24, 2.45) is 5.92 Å². The molecule has 2 aromatic rings. The van der Waals surface area contributed by atoms with Crippen LogP contribution in [0.3, 0.4) is 0 Å². The number of amides is 1. The van der Waals surface area contributed by atoms with Crippen LogP contribution in [0, 0.1) is 5.92 Å². The highest BCUT2D eigenvalue weighted by atomic mass is 19.4. The van der Waals surface area contributed by atoms with Crippen LogP contribution in [0.15, 0.2) is 71.5 Å². The maximum absolute atomic E-state index is 12.9.